The van der Waals surface area contributed by atoms with Gasteiger partial charge in [0.1, 0.15) is 0 Å². The molecule has 5 unspecified atom stereocenters. The number of hydrogen-bond donors (Lipinski definition) is 0. The second kappa shape index (κ2) is 6.64. The minimum atomic E-state index is 0.250. The zero-order valence-corrected chi connectivity index (χ0v) is 18.7. The van der Waals surface area contributed by atoms with Crippen LogP contribution in [0.25, 0.3) is 10.8 Å². The molecular weight excluding hydrogens is 421 g/mol. The summed E-state index contributed by atoms with van der Waals surface area (Å²) >= 11 is 13.3. The van der Waals surface area contributed by atoms with Crippen molar-refractivity contribution in [3.05, 3.63) is 99.6 Å². The Bertz CT molecular complexity index is 1290. The summed E-state index contributed by atoms with van der Waals surface area (Å²) in [5.41, 5.74) is 5.67. The molecule has 0 spiro atoms. The van der Waals surface area contributed by atoms with Gasteiger partial charge in [0.25, 0.3) is 0 Å². The summed E-state index contributed by atoms with van der Waals surface area (Å²) in [5.74, 6) is 2.05. The highest BCUT2D eigenvalue weighted by Gasteiger charge is 2.48. The Kier molecular flexibility index (Phi) is 3.93. The Hall–Kier alpha value is -2.22. The topological polar surface area (TPSA) is 3.24 Å². The van der Waals surface area contributed by atoms with E-state index >= 15 is 0 Å². The van der Waals surface area contributed by atoms with Crippen molar-refractivity contribution >= 4 is 39.7 Å². The lowest BCUT2D eigenvalue weighted by atomic mass is 9.69. The van der Waals surface area contributed by atoms with E-state index in [-0.39, 0.29) is 6.04 Å². The number of rotatable bonds is 1. The average molecular weight is 444 g/mol. The van der Waals surface area contributed by atoms with Gasteiger partial charge in [0.05, 0.1) is 16.1 Å². The second-order valence-electron chi connectivity index (χ2n) is 9.49. The molecule has 31 heavy (non-hydrogen) atoms. The number of benzene rings is 3. The van der Waals surface area contributed by atoms with Crippen LogP contribution in [0.1, 0.15) is 47.4 Å². The predicted octanol–water partition coefficient (Wildman–Crippen LogP) is 8.04. The molecule has 0 bridgehead atoms. The molecule has 0 fully saturated rings. The fourth-order valence-corrected chi connectivity index (χ4v) is 7.25. The molecule has 0 radical (unpaired) electrons. The number of anilines is 1. The van der Waals surface area contributed by atoms with Crippen LogP contribution in [0.2, 0.25) is 10.0 Å². The van der Waals surface area contributed by atoms with Crippen LogP contribution in [-0.2, 0) is 0 Å². The van der Waals surface area contributed by atoms with E-state index in [9.17, 15) is 0 Å². The van der Waals surface area contributed by atoms with Crippen LogP contribution in [0.4, 0.5) is 5.69 Å². The molecule has 2 heterocycles. The van der Waals surface area contributed by atoms with Gasteiger partial charge in [-0.15, -0.1) is 0 Å². The first-order chi connectivity index (χ1) is 15.2. The van der Waals surface area contributed by atoms with Crippen LogP contribution in [0.5, 0.6) is 0 Å². The molecule has 0 aromatic heterocycles. The van der Waals surface area contributed by atoms with E-state index in [4.69, 9.17) is 23.2 Å². The van der Waals surface area contributed by atoms with Gasteiger partial charge in [0.2, 0.25) is 0 Å². The molecule has 5 atom stereocenters. The summed E-state index contributed by atoms with van der Waals surface area (Å²) in [7, 11) is 0. The van der Waals surface area contributed by atoms with Crippen LogP contribution < -0.4 is 4.90 Å². The van der Waals surface area contributed by atoms with Crippen molar-refractivity contribution < 1.29 is 0 Å². The molecule has 4 aliphatic rings. The number of fused-ring (bicyclic) bond motifs is 6. The van der Waals surface area contributed by atoms with Gasteiger partial charge in [-0.25, -0.2) is 0 Å². The van der Waals surface area contributed by atoms with Gasteiger partial charge in [-0.1, -0.05) is 83.9 Å². The maximum absolute atomic E-state index is 6.84. The van der Waals surface area contributed by atoms with Crippen molar-refractivity contribution in [1.82, 2.24) is 0 Å². The van der Waals surface area contributed by atoms with E-state index < -0.39 is 0 Å². The van der Waals surface area contributed by atoms with Crippen LogP contribution in [0, 0.1) is 11.8 Å². The van der Waals surface area contributed by atoms with Crippen LogP contribution in [0.3, 0.4) is 0 Å². The lowest BCUT2D eigenvalue weighted by Gasteiger charge is -2.52. The Balaban J connectivity index is 1.56. The molecule has 3 aromatic carbocycles. The van der Waals surface area contributed by atoms with Gasteiger partial charge in [0.15, 0.2) is 0 Å². The van der Waals surface area contributed by atoms with Crippen molar-refractivity contribution in [2.45, 2.75) is 30.7 Å². The third kappa shape index (κ3) is 2.45. The van der Waals surface area contributed by atoms with Gasteiger partial charge in [0, 0.05) is 24.1 Å². The molecule has 0 amide bonds. The van der Waals surface area contributed by atoms with Crippen LogP contribution in [0.15, 0.2) is 72.8 Å². The third-order valence-electron chi connectivity index (χ3n) is 8.05. The first-order valence-electron chi connectivity index (χ1n) is 11.3. The summed E-state index contributed by atoms with van der Waals surface area (Å²) in [5, 5.41) is 4.15. The van der Waals surface area contributed by atoms with Gasteiger partial charge in [-0.3, -0.25) is 0 Å². The SMILES string of the molecule is Clc1cccc(C2C3CC=CC3c3c4c(cc5ccccc35)C3C=CCC3CN42)c1Cl. The quantitative estimate of drug-likeness (QED) is 0.343. The highest BCUT2D eigenvalue weighted by molar-refractivity contribution is 6.42. The Morgan fingerprint density at radius 1 is 0.839 bits per heavy atom. The third-order valence-corrected chi connectivity index (χ3v) is 8.88. The molecule has 0 saturated heterocycles. The summed E-state index contributed by atoms with van der Waals surface area (Å²) in [6.07, 6.45) is 11.9. The summed E-state index contributed by atoms with van der Waals surface area (Å²) < 4.78 is 0. The van der Waals surface area contributed by atoms with Crippen molar-refractivity contribution in [3.63, 3.8) is 0 Å². The molecule has 0 N–H and O–H groups in total. The van der Waals surface area contributed by atoms with Crippen molar-refractivity contribution in [2.75, 3.05) is 11.4 Å². The van der Waals surface area contributed by atoms with Crippen molar-refractivity contribution in [3.8, 4) is 0 Å². The largest absolute Gasteiger partial charge is 0.363 e. The fourth-order valence-electron chi connectivity index (χ4n) is 6.83. The molecule has 1 nitrogen and oxygen atoms in total. The molecule has 2 aliphatic heterocycles. The molecule has 3 heteroatoms. The standard InChI is InChI=1S/C28H23Cl2N/c29-24-13-5-12-22(26(24)30)27-21-11-4-10-20(21)25-19-8-2-1-6-16(19)14-23-18-9-3-7-17(18)15-31(27)28(23)25/h1-6,8-10,12-14,17-18,20-21,27H,7,11,15H2. The number of hydrogen-bond acceptors (Lipinski definition) is 1. The second-order valence-corrected chi connectivity index (χ2v) is 10.3. The zero-order chi connectivity index (χ0) is 20.7. The van der Waals surface area contributed by atoms with Crippen LogP contribution in [-0.4, -0.2) is 6.54 Å². The molecule has 2 aliphatic carbocycles. The van der Waals surface area contributed by atoms with Crippen molar-refractivity contribution in [2.24, 2.45) is 11.8 Å². The normalized spacial score (nSPS) is 29.9. The van der Waals surface area contributed by atoms with Gasteiger partial charge in [-0.05, 0) is 64.3 Å². The highest BCUT2D eigenvalue weighted by atomic mass is 35.5. The summed E-state index contributed by atoms with van der Waals surface area (Å²) in [4.78, 5) is 2.71. The number of allylic oxidation sites excluding steroid dienone is 4. The minimum absolute atomic E-state index is 0.250. The molecule has 7 rings (SSSR count). The van der Waals surface area contributed by atoms with E-state index in [1.54, 1.807) is 0 Å². The minimum Gasteiger partial charge on any atom is -0.363 e. The summed E-state index contributed by atoms with van der Waals surface area (Å²) in [6, 6.07) is 17.8. The Labute approximate surface area is 193 Å². The first kappa shape index (κ1) is 18.4. The lowest BCUT2D eigenvalue weighted by molar-refractivity contribution is 0.336. The maximum Gasteiger partial charge on any atom is 0.0645 e. The fraction of sp³-hybridized carbons (Fsp3) is 0.286. The first-order valence-corrected chi connectivity index (χ1v) is 12.1. The van der Waals surface area contributed by atoms with Gasteiger partial charge < -0.3 is 4.90 Å². The Morgan fingerprint density at radius 2 is 1.68 bits per heavy atom. The van der Waals surface area contributed by atoms with Gasteiger partial charge >= 0.3 is 0 Å². The van der Waals surface area contributed by atoms with E-state index in [2.05, 4.69) is 71.7 Å². The number of halogens is 2. The van der Waals surface area contributed by atoms with Crippen molar-refractivity contribution in [1.29, 1.82) is 0 Å². The van der Waals surface area contributed by atoms with E-state index in [1.807, 2.05) is 6.07 Å². The van der Waals surface area contributed by atoms with E-state index in [1.165, 1.54) is 33.2 Å². The predicted molar refractivity (Wildman–Crippen MR) is 130 cm³/mol. The monoisotopic (exact) mass is 443 g/mol. The Morgan fingerprint density at radius 3 is 2.61 bits per heavy atom. The molecular formula is C28H23Cl2N. The molecule has 154 valence electrons. The van der Waals surface area contributed by atoms with E-state index in [0.717, 1.165) is 24.4 Å². The van der Waals surface area contributed by atoms with Gasteiger partial charge in [-0.2, -0.15) is 0 Å². The number of nitrogens with zero attached hydrogens (tertiary/aromatic N) is 1. The summed E-state index contributed by atoms with van der Waals surface area (Å²) in [6.45, 7) is 1.08. The highest BCUT2D eigenvalue weighted by Crippen LogP contribution is 2.61. The maximum atomic E-state index is 6.84. The lowest BCUT2D eigenvalue weighted by Crippen LogP contribution is -2.46. The smallest absolute Gasteiger partial charge is 0.0645 e. The van der Waals surface area contributed by atoms with E-state index in [0.29, 0.717) is 28.7 Å². The zero-order valence-electron chi connectivity index (χ0n) is 17.1. The molecule has 0 saturated carbocycles. The molecule has 3 aromatic rings. The average Bonchev–Trinajstić information content (AvgIpc) is 3.45. The van der Waals surface area contributed by atoms with Crippen LogP contribution >= 0.6 is 23.2 Å².